The van der Waals surface area contributed by atoms with Crippen LogP contribution >= 0.6 is 0 Å². The van der Waals surface area contributed by atoms with Gasteiger partial charge in [0.25, 0.3) is 0 Å². The number of benzene rings is 1. The van der Waals surface area contributed by atoms with E-state index >= 15 is 0 Å². The molecule has 2 fully saturated rings. The Hall–Kier alpha value is -2.23. The second-order valence-corrected chi connectivity index (χ2v) is 7.05. The van der Waals surface area contributed by atoms with Crippen LogP contribution in [-0.2, 0) is 9.53 Å². The van der Waals surface area contributed by atoms with Gasteiger partial charge in [-0.15, -0.1) is 0 Å². The summed E-state index contributed by atoms with van der Waals surface area (Å²) in [6.45, 7) is 2.59. The number of hydroxylamine groups is 2. The van der Waals surface area contributed by atoms with E-state index in [-0.39, 0.29) is 25.6 Å². The lowest BCUT2D eigenvalue weighted by molar-refractivity contribution is -0.768. The number of hydrogen-bond donors (Lipinski definition) is 2. The van der Waals surface area contributed by atoms with Gasteiger partial charge >= 0.3 is 12.0 Å². The van der Waals surface area contributed by atoms with Gasteiger partial charge in [-0.1, -0.05) is 0 Å². The van der Waals surface area contributed by atoms with E-state index in [1.54, 1.807) is 12.1 Å². The highest BCUT2D eigenvalue weighted by molar-refractivity contribution is 5.90. The average Bonchev–Trinajstić information content (AvgIpc) is 3.01. The summed E-state index contributed by atoms with van der Waals surface area (Å²) in [5, 5.41) is 20.1. The van der Waals surface area contributed by atoms with Crippen molar-refractivity contribution < 1.29 is 28.9 Å². The van der Waals surface area contributed by atoms with Crippen molar-refractivity contribution >= 4 is 23.4 Å². The van der Waals surface area contributed by atoms with Crippen LogP contribution in [0, 0.1) is 16.9 Å². The molecule has 8 nitrogen and oxygen atoms in total. The molecule has 2 saturated heterocycles. The van der Waals surface area contributed by atoms with E-state index in [4.69, 9.17) is 4.74 Å². The molecule has 9 heteroatoms. The van der Waals surface area contributed by atoms with Gasteiger partial charge in [-0.25, -0.2) is 14.0 Å². The van der Waals surface area contributed by atoms with E-state index in [9.17, 15) is 24.3 Å². The van der Waals surface area contributed by atoms with Crippen molar-refractivity contribution in [1.29, 1.82) is 0 Å². The van der Waals surface area contributed by atoms with E-state index in [1.165, 1.54) is 17.9 Å². The summed E-state index contributed by atoms with van der Waals surface area (Å²) in [6, 6.07) is 4.56. The number of nitrogens with one attached hydrogen (secondary N) is 1. The summed E-state index contributed by atoms with van der Waals surface area (Å²) in [4.78, 5) is 26.3. The number of piperidine rings is 1. The molecule has 2 atom stereocenters. The van der Waals surface area contributed by atoms with Gasteiger partial charge in [-0.2, -0.15) is 0 Å². The Morgan fingerprint density at radius 2 is 2.11 bits per heavy atom. The minimum Gasteiger partial charge on any atom is -0.627 e. The lowest BCUT2D eigenvalue weighted by atomic mass is 9.97. The van der Waals surface area contributed by atoms with Gasteiger partial charge in [0, 0.05) is 19.7 Å². The SMILES string of the molecule is CC(=O)[NH+]([O-])CC1CN(c2ccc(N3CCC(CO)CC3)c(F)c2)C(=O)O1. The molecule has 0 bridgehead atoms. The zero-order valence-electron chi connectivity index (χ0n) is 15.2. The van der Waals surface area contributed by atoms with Crippen LogP contribution < -0.4 is 14.9 Å². The highest BCUT2D eigenvalue weighted by atomic mass is 19.1. The summed E-state index contributed by atoms with van der Waals surface area (Å²) in [6.07, 6.45) is 0.241. The first-order chi connectivity index (χ1) is 12.9. The number of carbonyl (C=O) groups is 2. The van der Waals surface area contributed by atoms with Crippen molar-refractivity contribution in [2.45, 2.75) is 25.9 Å². The number of quaternary nitrogens is 1. The van der Waals surface area contributed by atoms with Crippen LogP contribution in [0.15, 0.2) is 18.2 Å². The monoisotopic (exact) mass is 381 g/mol. The number of halogens is 1. The minimum absolute atomic E-state index is 0.0958. The molecule has 1 aromatic carbocycles. The first-order valence-corrected chi connectivity index (χ1v) is 9.06. The van der Waals surface area contributed by atoms with Crippen LogP contribution in [0.25, 0.3) is 0 Å². The highest BCUT2D eigenvalue weighted by Crippen LogP contribution is 2.30. The molecule has 2 amide bonds. The number of rotatable bonds is 5. The zero-order valence-corrected chi connectivity index (χ0v) is 15.2. The van der Waals surface area contributed by atoms with Gasteiger partial charge in [0.15, 0.2) is 6.10 Å². The van der Waals surface area contributed by atoms with E-state index in [2.05, 4.69) is 0 Å². The van der Waals surface area contributed by atoms with E-state index in [0.29, 0.717) is 24.5 Å². The fourth-order valence-corrected chi connectivity index (χ4v) is 3.47. The molecular weight excluding hydrogens is 357 g/mol. The van der Waals surface area contributed by atoms with Crippen molar-refractivity contribution in [2.75, 3.05) is 42.6 Å². The van der Waals surface area contributed by atoms with Crippen LogP contribution in [0.4, 0.5) is 20.6 Å². The fourth-order valence-electron chi connectivity index (χ4n) is 3.47. The topological polar surface area (TPSA) is 97.6 Å². The molecule has 0 radical (unpaired) electrons. The van der Waals surface area contributed by atoms with Crippen LogP contribution in [0.1, 0.15) is 19.8 Å². The number of cyclic esters (lactones) is 1. The highest BCUT2D eigenvalue weighted by Gasteiger charge is 2.35. The standard InChI is InChI=1S/C18H24FN3O5/c1-12(24)22(26)10-15-9-21(18(25)27-15)14-2-3-17(16(19)8-14)20-6-4-13(11-23)5-7-20/h2-3,8,13,15,22-23H,4-7,9-11H2,1H3. The average molecular weight is 381 g/mol. The van der Waals surface area contributed by atoms with Crippen LogP contribution in [0.2, 0.25) is 0 Å². The number of aliphatic hydroxyl groups excluding tert-OH is 1. The maximum Gasteiger partial charge on any atom is 0.414 e. The van der Waals surface area contributed by atoms with Crippen LogP contribution in [0.5, 0.6) is 0 Å². The third-order valence-electron chi connectivity index (χ3n) is 5.14. The Morgan fingerprint density at radius 1 is 1.41 bits per heavy atom. The second kappa shape index (κ2) is 8.20. The van der Waals surface area contributed by atoms with Crippen molar-refractivity contribution in [1.82, 2.24) is 0 Å². The molecule has 148 valence electrons. The number of aliphatic hydroxyl groups is 1. The summed E-state index contributed by atoms with van der Waals surface area (Å²) in [5.41, 5.74) is 0.815. The predicted molar refractivity (Wildman–Crippen MR) is 95.9 cm³/mol. The third kappa shape index (κ3) is 4.37. The largest absolute Gasteiger partial charge is 0.627 e. The van der Waals surface area contributed by atoms with Crippen molar-refractivity contribution in [3.05, 3.63) is 29.2 Å². The Balaban J connectivity index is 1.67. The Labute approximate surface area is 156 Å². The Kier molecular flexibility index (Phi) is 5.93. The zero-order chi connectivity index (χ0) is 19.6. The van der Waals surface area contributed by atoms with Crippen molar-refractivity contribution in [3.8, 4) is 0 Å². The molecule has 0 aliphatic carbocycles. The summed E-state index contributed by atoms with van der Waals surface area (Å²) < 4.78 is 19.8. The molecule has 2 heterocycles. The smallest absolute Gasteiger partial charge is 0.414 e. The molecule has 0 saturated carbocycles. The molecule has 0 spiro atoms. The maximum atomic E-state index is 14.6. The quantitative estimate of drug-likeness (QED) is 0.712. The van der Waals surface area contributed by atoms with Gasteiger partial charge in [0.2, 0.25) is 0 Å². The molecule has 3 rings (SSSR count). The lowest BCUT2D eigenvalue weighted by Crippen LogP contribution is -3.10. The van der Waals surface area contributed by atoms with E-state index in [1.807, 2.05) is 4.90 Å². The first-order valence-electron chi connectivity index (χ1n) is 9.06. The van der Waals surface area contributed by atoms with Crippen molar-refractivity contribution in [3.63, 3.8) is 0 Å². The van der Waals surface area contributed by atoms with Gasteiger partial charge in [0.1, 0.15) is 12.4 Å². The second-order valence-electron chi connectivity index (χ2n) is 7.05. The summed E-state index contributed by atoms with van der Waals surface area (Å²) >= 11 is 0. The van der Waals surface area contributed by atoms with Gasteiger partial charge in [-0.3, -0.25) is 4.90 Å². The van der Waals surface area contributed by atoms with Gasteiger partial charge in [-0.05, 0) is 37.0 Å². The summed E-state index contributed by atoms with van der Waals surface area (Å²) in [5.74, 6) is -0.756. The van der Waals surface area contributed by atoms with E-state index in [0.717, 1.165) is 12.8 Å². The number of ether oxygens (including phenoxy) is 1. The van der Waals surface area contributed by atoms with Crippen LogP contribution in [0.3, 0.4) is 0 Å². The predicted octanol–water partition coefficient (Wildman–Crippen LogP) is 0.289. The molecule has 1 aromatic rings. The maximum absolute atomic E-state index is 14.6. The van der Waals surface area contributed by atoms with Gasteiger partial charge in [0.05, 0.1) is 24.8 Å². The molecular formula is C18H24FN3O5. The van der Waals surface area contributed by atoms with Gasteiger partial charge < -0.3 is 25.0 Å². The first kappa shape index (κ1) is 19.5. The van der Waals surface area contributed by atoms with E-state index < -0.39 is 29.0 Å². The number of anilines is 2. The molecule has 2 aliphatic heterocycles. The Bertz CT molecular complexity index is 708. The molecule has 2 aliphatic rings. The van der Waals surface area contributed by atoms with Crippen molar-refractivity contribution in [2.24, 2.45) is 5.92 Å². The van der Waals surface area contributed by atoms with Crippen LogP contribution in [-0.4, -0.2) is 56.0 Å². The number of amides is 2. The fraction of sp³-hybridized carbons (Fsp3) is 0.556. The lowest BCUT2D eigenvalue weighted by Gasteiger charge is -2.33. The molecule has 27 heavy (non-hydrogen) atoms. The molecule has 2 unspecified atom stereocenters. The normalized spacial score (nSPS) is 22.1. The number of nitrogens with zero attached hydrogens (tertiary/aromatic N) is 2. The molecule has 0 aromatic heterocycles. The number of hydrogen-bond acceptors (Lipinski definition) is 6. The third-order valence-corrected chi connectivity index (χ3v) is 5.14. The minimum atomic E-state index is -0.714. The number of carbonyl (C=O) groups excluding carboxylic acids is 2. The summed E-state index contributed by atoms with van der Waals surface area (Å²) in [7, 11) is 0. The molecule has 2 N–H and O–H groups in total. The Morgan fingerprint density at radius 3 is 2.70 bits per heavy atom.